The minimum absolute atomic E-state index is 0.0136. The molecule has 44 heavy (non-hydrogen) atoms. The van der Waals surface area contributed by atoms with Gasteiger partial charge in [-0.2, -0.15) is 10.4 Å². The van der Waals surface area contributed by atoms with E-state index in [0.717, 1.165) is 66.5 Å². The topological polar surface area (TPSA) is 105 Å². The molecule has 2 N–H and O–H groups in total. The number of nitriles is 1. The first kappa shape index (κ1) is 32.5. The summed E-state index contributed by atoms with van der Waals surface area (Å²) in [6.07, 6.45) is 14.3. The fourth-order valence-corrected chi connectivity index (χ4v) is 6.64. The van der Waals surface area contributed by atoms with Gasteiger partial charge in [-0.1, -0.05) is 32.0 Å². The second-order valence-electron chi connectivity index (χ2n) is 12.9. The molecule has 2 aromatic carbocycles. The second-order valence-corrected chi connectivity index (χ2v) is 12.9. The van der Waals surface area contributed by atoms with Gasteiger partial charge >= 0.3 is 0 Å². The second kappa shape index (κ2) is 13.9. The van der Waals surface area contributed by atoms with Gasteiger partial charge in [-0.3, -0.25) is 14.7 Å². The first-order valence-electron chi connectivity index (χ1n) is 15.3. The van der Waals surface area contributed by atoms with E-state index in [0.29, 0.717) is 24.7 Å². The maximum Gasteiger partial charge on any atom is 0.254 e. The van der Waals surface area contributed by atoms with Gasteiger partial charge in [-0.15, -0.1) is 12.8 Å². The number of benzene rings is 2. The van der Waals surface area contributed by atoms with Gasteiger partial charge in [0.25, 0.3) is 11.8 Å². The number of carbonyl (C=O) groups excluding carboxylic acids is 2. The van der Waals surface area contributed by atoms with Gasteiger partial charge in [0.15, 0.2) is 0 Å². The first-order chi connectivity index (χ1) is 21.1. The summed E-state index contributed by atoms with van der Waals surface area (Å²) in [7, 11) is 4.26. The molecule has 1 fully saturated rings. The highest BCUT2D eigenvalue weighted by molar-refractivity contribution is 5.99. The molecular weight excluding hydrogens is 548 g/mol. The molecule has 0 spiro atoms. The minimum atomic E-state index is -0.0136. The molecule has 2 amide bonds. The van der Waals surface area contributed by atoms with Crippen LogP contribution in [0, 0.1) is 29.6 Å². The lowest BCUT2D eigenvalue weighted by Crippen LogP contribution is -2.41. The number of nitrogens with one attached hydrogen (secondary N) is 2. The monoisotopic (exact) mass is 592 g/mol. The van der Waals surface area contributed by atoms with E-state index in [2.05, 4.69) is 67.3 Å². The average Bonchev–Trinajstić information content (AvgIpc) is 3.63. The Morgan fingerprint density at radius 2 is 1.77 bits per heavy atom. The standard InChI is InChI=1S/C32H39N5O2.C2H3N.C2H2/c1-32(2)16-27-28(17-32)34-35-29(27)22-9-14-26-23(15-22)19-37(31(26)39)18-20-5-7-21(8-6-20)30(38)33-24-10-12-25(13-11-24)36(3)4;1-2-3;1-2/h5-9,14-15,24-25H,10-13,16-19H2,1-4H3,(H,33,38)(H,34,35);1H3;1-2H. The summed E-state index contributed by atoms with van der Waals surface area (Å²) in [5.74, 6) is 0.0420. The number of rotatable bonds is 6. The number of H-pyrrole nitrogens is 1. The number of terminal acetylenes is 1. The highest BCUT2D eigenvalue weighted by Crippen LogP contribution is 2.40. The molecule has 8 nitrogen and oxygen atoms in total. The van der Waals surface area contributed by atoms with Crippen molar-refractivity contribution >= 4 is 11.8 Å². The Morgan fingerprint density at radius 3 is 2.41 bits per heavy atom. The highest BCUT2D eigenvalue weighted by atomic mass is 16.2. The molecule has 8 heteroatoms. The van der Waals surface area contributed by atoms with Crippen LogP contribution in [0.15, 0.2) is 42.5 Å². The van der Waals surface area contributed by atoms with Gasteiger partial charge in [0.2, 0.25) is 0 Å². The van der Waals surface area contributed by atoms with E-state index in [-0.39, 0.29) is 23.3 Å². The summed E-state index contributed by atoms with van der Waals surface area (Å²) in [5.41, 5.74) is 8.40. The molecule has 1 aliphatic heterocycles. The fourth-order valence-electron chi connectivity index (χ4n) is 6.64. The Kier molecular flexibility index (Phi) is 10.3. The Bertz CT molecular complexity index is 1530. The molecule has 3 aliphatic rings. The van der Waals surface area contributed by atoms with Crippen molar-refractivity contribution in [2.75, 3.05) is 14.1 Å². The third-order valence-corrected chi connectivity index (χ3v) is 8.87. The van der Waals surface area contributed by atoms with Crippen molar-refractivity contribution in [2.24, 2.45) is 5.41 Å². The molecular formula is C36H44N6O2. The first-order valence-corrected chi connectivity index (χ1v) is 15.3. The van der Waals surface area contributed by atoms with Crippen LogP contribution in [-0.4, -0.2) is 58.0 Å². The normalized spacial score (nSPS) is 19.5. The summed E-state index contributed by atoms with van der Waals surface area (Å²) >= 11 is 0. The molecule has 3 aromatic rings. The minimum Gasteiger partial charge on any atom is -0.349 e. The molecule has 6 rings (SSSR count). The van der Waals surface area contributed by atoms with Gasteiger partial charge in [-0.05, 0) is 93.4 Å². The number of aromatic nitrogens is 2. The molecule has 1 saturated carbocycles. The lowest BCUT2D eigenvalue weighted by atomic mass is 9.90. The highest BCUT2D eigenvalue weighted by Gasteiger charge is 2.34. The van der Waals surface area contributed by atoms with Crippen molar-refractivity contribution in [2.45, 2.75) is 84.5 Å². The third kappa shape index (κ3) is 7.21. The number of nitrogens with zero attached hydrogens (tertiary/aromatic N) is 4. The van der Waals surface area contributed by atoms with Crippen molar-refractivity contribution in [3.8, 4) is 30.2 Å². The van der Waals surface area contributed by atoms with E-state index in [1.165, 1.54) is 18.2 Å². The summed E-state index contributed by atoms with van der Waals surface area (Å²) in [5, 5.41) is 18.4. The number of fused-ring (bicyclic) bond motifs is 2. The quantitative estimate of drug-likeness (QED) is 0.355. The summed E-state index contributed by atoms with van der Waals surface area (Å²) in [4.78, 5) is 30.2. The van der Waals surface area contributed by atoms with Crippen LogP contribution in [0.4, 0.5) is 0 Å². The van der Waals surface area contributed by atoms with E-state index in [1.807, 2.05) is 41.3 Å². The largest absolute Gasteiger partial charge is 0.349 e. The maximum atomic E-state index is 13.2. The van der Waals surface area contributed by atoms with Crippen molar-refractivity contribution in [3.63, 3.8) is 0 Å². The molecule has 2 heterocycles. The summed E-state index contributed by atoms with van der Waals surface area (Å²) < 4.78 is 0. The number of hydrogen-bond donors (Lipinski definition) is 2. The zero-order valence-electron chi connectivity index (χ0n) is 26.6. The predicted octanol–water partition coefficient (Wildman–Crippen LogP) is 5.74. The smallest absolute Gasteiger partial charge is 0.254 e. The fraction of sp³-hybridized carbons (Fsp3) is 0.444. The zero-order chi connectivity index (χ0) is 32.0. The molecule has 0 saturated heterocycles. The Labute approximate surface area is 261 Å². The molecule has 230 valence electrons. The van der Waals surface area contributed by atoms with Gasteiger partial charge in [0.1, 0.15) is 0 Å². The van der Waals surface area contributed by atoms with Gasteiger partial charge < -0.3 is 15.1 Å². The molecule has 0 bridgehead atoms. The van der Waals surface area contributed by atoms with E-state index in [4.69, 9.17) is 5.26 Å². The summed E-state index contributed by atoms with van der Waals surface area (Å²) in [6, 6.07) is 16.4. The molecule has 0 unspecified atom stereocenters. The molecule has 0 atom stereocenters. The SMILES string of the molecule is C#C.CC#N.CN(C)C1CCC(NC(=O)c2ccc(CN3Cc4cc(-c5n[nH]c6c5CC(C)(C)C6)ccc4C3=O)cc2)CC1. The van der Waals surface area contributed by atoms with E-state index in [9.17, 15) is 9.59 Å². The van der Waals surface area contributed by atoms with Crippen LogP contribution < -0.4 is 5.32 Å². The van der Waals surface area contributed by atoms with Gasteiger partial charge in [-0.25, -0.2) is 0 Å². The van der Waals surface area contributed by atoms with E-state index >= 15 is 0 Å². The van der Waals surface area contributed by atoms with Crippen LogP contribution in [0.2, 0.25) is 0 Å². The number of amides is 2. The Balaban J connectivity index is 0.000000834. The third-order valence-electron chi connectivity index (χ3n) is 8.87. The zero-order valence-corrected chi connectivity index (χ0v) is 26.6. The van der Waals surface area contributed by atoms with Crippen LogP contribution in [0.5, 0.6) is 0 Å². The van der Waals surface area contributed by atoms with Crippen LogP contribution in [-0.2, 0) is 25.9 Å². The molecule has 1 aromatic heterocycles. The molecule has 2 aliphatic carbocycles. The number of hydrogen-bond acceptors (Lipinski definition) is 5. The number of carbonyl (C=O) groups is 2. The summed E-state index contributed by atoms with van der Waals surface area (Å²) in [6.45, 7) is 7.11. The van der Waals surface area contributed by atoms with Crippen LogP contribution >= 0.6 is 0 Å². The maximum absolute atomic E-state index is 13.2. The van der Waals surface area contributed by atoms with Crippen molar-refractivity contribution in [3.05, 3.63) is 76.0 Å². The Hall–Kier alpha value is -4.40. The molecule has 0 radical (unpaired) electrons. The van der Waals surface area contributed by atoms with E-state index < -0.39 is 0 Å². The lowest BCUT2D eigenvalue weighted by molar-refractivity contribution is 0.0766. The van der Waals surface area contributed by atoms with Gasteiger partial charge in [0, 0.05) is 60.0 Å². The lowest BCUT2D eigenvalue weighted by Gasteiger charge is -2.33. The van der Waals surface area contributed by atoms with Crippen molar-refractivity contribution in [1.29, 1.82) is 5.26 Å². The Morgan fingerprint density at radius 1 is 1.11 bits per heavy atom. The van der Waals surface area contributed by atoms with Crippen LogP contribution in [0.1, 0.15) is 89.6 Å². The van der Waals surface area contributed by atoms with Crippen molar-refractivity contribution < 1.29 is 9.59 Å². The average molecular weight is 593 g/mol. The predicted molar refractivity (Wildman–Crippen MR) is 174 cm³/mol. The number of aromatic amines is 1. The van der Waals surface area contributed by atoms with Crippen LogP contribution in [0.25, 0.3) is 11.3 Å². The van der Waals surface area contributed by atoms with Crippen molar-refractivity contribution in [1.82, 2.24) is 25.3 Å². The van der Waals surface area contributed by atoms with Crippen LogP contribution in [0.3, 0.4) is 0 Å². The van der Waals surface area contributed by atoms with E-state index in [1.54, 1.807) is 6.07 Å². The van der Waals surface area contributed by atoms with Gasteiger partial charge in [0.05, 0.1) is 11.8 Å².